The average molecular weight is 354 g/mol. The molecule has 0 aliphatic carbocycles. The minimum absolute atomic E-state index is 0.0763. The summed E-state index contributed by atoms with van der Waals surface area (Å²) in [5.41, 5.74) is 5.80. The molecule has 3 aromatic carbocycles. The average Bonchev–Trinajstić information content (AvgIpc) is 3.15. The first kappa shape index (κ1) is 17.1. The van der Waals surface area contributed by atoms with Crippen LogP contribution >= 0.6 is 0 Å². The number of nitrogens with one attached hydrogen (secondary N) is 2. The van der Waals surface area contributed by atoms with Gasteiger partial charge in [-0.05, 0) is 34.7 Å². The van der Waals surface area contributed by atoms with E-state index in [1.165, 1.54) is 22.1 Å². The van der Waals surface area contributed by atoms with E-state index >= 15 is 0 Å². The van der Waals surface area contributed by atoms with Gasteiger partial charge in [-0.25, -0.2) is 0 Å². The molecule has 0 spiro atoms. The molecule has 0 aliphatic rings. The highest BCUT2D eigenvalue weighted by molar-refractivity contribution is 5.84. The van der Waals surface area contributed by atoms with Crippen molar-refractivity contribution >= 4 is 16.8 Å². The normalized spacial score (nSPS) is 10.8. The summed E-state index contributed by atoms with van der Waals surface area (Å²) in [6, 6.07) is 26.8. The molecular formula is C24H22N2O. The first-order valence-electron chi connectivity index (χ1n) is 9.26. The van der Waals surface area contributed by atoms with E-state index < -0.39 is 0 Å². The minimum Gasteiger partial charge on any atom is -0.361 e. The standard InChI is InChI=1S/C24H22N2O/c27-24(15-14-21-17-25-23-9-5-4-8-22(21)23)26-16-18-10-12-20(13-11-18)19-6-2-1-3-7-19/h1-13,17,25H,14-16H2,(H,26,27). The summed E-state index contributed by atoms with van der Waals surface area (Å²) in [6.45, 7) is 0.557. The largest absolute Gasteiger partial charge is 0.361 e. The number of aromatic amines is 1. The number of aryl methyl sites for hydroxylation is 1. The van der Waals surface area contributed by atoms with Gasteiger partial charge >= 0.3 is 0 Å². The van der Waals surface area contributed by atoms with Gasteiger partial charge in [0.2, 0.25) is 5.91 Å². The number of rotatable bonds is 6. The molecule has 3 nitrogen and oxygen atoms in total. The lowest BCUT2D eigenvalue weighted by atomic mass is 10.0. The molecule has 0 unspecified atom stereocenters. The summed E-state index contributed by atoms with van der Waals surface area (Å²) >= 11 is 0. The monoisotopic (exact) mass is 354 g/mol. The third kappa shape index (κ3) is 4.09. The summed E-state index contributed by atoms with van der Waals surface area (Å²) in [4.78, 5) is 15.5. The molecule has 1 amide bonds. The van der Waals surface area contributed by atoms with Crippen LogP contribution < -0.4 is 5.32 Å². The van der Waals surface area contributed by atoms with Crippen molar-refractivity contribution in [3.8, 4) is 11.1 Å². The third-order valence-electron chi connectivity index (χ3n) is 4.85. The minimum atomic E-state index is 0.0763. The zero-order chi connectivity index (χ0) is 18.5. The number of fused-ring (bicyclic) bond motifs is 1. The van der Waals surface area contributed by atoms with Gasteiger partial charge in [-0.2, -0.15) is 0 Å². The van der Waals surface area contributed by atoms with Crippen molar-refractivity contribution < 1.29 is 4.79 Å². The lowest BCUT2D eigenvalue weighted by Crippen LogP contribution is -2.22. The summed E-state index contributed by atoms with van der Waals surface area (Å²) < 4.78 is 0. The van der Waals surface area contributed by atoms with Crippen LogP contribution in [-0.4, -0.2) is 10.9 Å². The Hall–Kier alpha value is -3.33. The second kappa shape index (κ2) is 7.92. The lowest BCUT2D eigenvalue weighted by molar-refractivity contribution is -0.121. The van der Waals surface area contributed by atoms with E-state index in [9.17, 15) is 4.79 Å². The number of amides is 1. The summed E-state index contributed by atoms with van der Waals surface area (Å²) in [5.74, 6) is 0.0763. The van der Waals surface area contributed by atoms with Crippen LogP contribution in [0.5, 0.6) is 0 Å². The molecule has 27 heavy (non-hydrogen) atoms. The van der Waals surface area contributed by atoms with Gasteiger partial charge in [0, 0.05) is 30.1 Å². The van der Waals surface area contributed by atoms with Crippen LogP contribution in [0.2, 0.25) is 0 Å². The fourth-order valence-electron chi connectivity index (χ4n) is 3.32. The molecule has 4 rings (SSSR count). The van der Waals surface area contributed by atoms with Gasteiger partial charge in [-0.15, -0.1) is 0 Å². The number of carbonyl (C=O) groups excluding carboxylic acids is 1. The molecule has 1 aromatic heterocycles. The second-order valence-corrected chi connectivity index (χ2v) is 6.70. The van der Waals surface area contributed by atoms with Crippen molar-refractivity contribution in [2.75, 3.05) is 0 Å². The summed E-state index contributed by atoms with van der Waals surface area (Å²) in [5, 5.41) is 4.22. The Morgan fingerprint density at radius 3 is 2.33 bits per heavy atom. The first-order chi connectivity index (χ1) is 13.3. The van der Waals surface area contributed by atoms with E-state index in [1.54, 1.807) is 0 Å². The SMILES string of the molecule is O=C(CCc1c[nH]c2ccccc12)NCc1ccc(-c2ccccc2)cc1. The highest BCUT2D eigenvalue weighted by Crippen LogP contribution is 2.20. The fraction of sp³-hybridized carbons (Fsp3) is 0.125. The van der Waals surface area contributed by atoms with Gasteiger partial charge in [0.25, 0.3) is 0 Å². The zero-order valence-electron chi connectivity index (χ0n) is 15.1. The maximum Gasteiger partial charge on any atom is 0.220 e. The third-order valence-corrected chi connectivity index (χ3v) is 4.85. The Kier molecular flexibility index (Phi) is 5.01. The van der Waals surface area contributed by atoms with Gasteiger partial charge in [-0.1, -0.05) is 72.8 Å². The maximum absolute atomic E-state index is 12.2. The Labute approximate surface area is 159 Å². The van der Waals surface area contributed by atoms with Gasteiger partial charge in [0.05, 0.1) is 0 Å². The van der Waals surface area contributed by atoms with Gasteiger partial charge in [-0.3, -0.25) is 4.79 Å². The molecule has 0 bridgehead atoms. The van der Waals surface area contributed by atoms with E-state index in [1.807, 2.05) is 36.5 Å². The van der Waals surface area contributed by atoms with Crippen molar-refractivity contribution in [2.24, 2.45) is 0 Å². The molecule has 3 heteroatoms. The van der Waals surface area contributed by atoms with Crippen molar-refractivity contribution in [3.05, 3.63) is 96.2 Å². The Morgan fingerprint density at radius 2 is 1.52 bits per heavy atom. The highest BCUT2D eigenvalue weighted by Gasteiger charge is 2.07. The molecule has 4 aromatic rings. The topological polar surface area (TPSA) is 44.9 Å². The fourth-order valence-corrected chi connectivity index (χ4v) is 3.32. The number of carbonyl (C=O) groups is 1. The number of benzene rings is 3. The molecular weight excluding hydrogens is 332 g/mol. The Balaban J connectivity index is 1.30. The van der Waals surface area contributed by atoms with E-state index in [0.717, 1.165) is 17.5 Å². The Morgan fingerprint density at radius 1 is 0.815 bits per heavy atom. The number of aromatic nitrogens is 1. The number of hydrogen-bond donors (Lipinski definition) is 2. The zero-order valence-corrected chi connectivity index (χ0v) is 15.1. The van der Waals surface area contributed by atoms with Crippen molar-refractivity contribution in [3.63, 3.8) is 0 Å². The molecule has 0 atom stereocenters. The molecule has 134 valence electrons. The number of para-hydroxylation sites is 1. The smallest absolute Gasteiger partial charge is 0.220 e. The van der Waals surface area contributed by atoms with Gasteiger partial charge in [0.15, 0.2) is 0 Å². The van der Waals surface area contributed by atoms with Crippen LogP contribution in [0.25, 0.3) is 22.0 Å². The van der Waals surface area contributed by atoms with E-state index in [-0.39, 0.29) is 5.91 Å². The summed E-state index contributed by atoms with van der Waals surface area (Å²) in [6.07, 6.45) is 3.23. The van der Waals surface area contributed by atoms with Crippen LogP contribution in [0, 0.1) is 0 Å². The predicted octanol–water partition coefficient (Wildman–Crippen LogP) is 5.08. The molecule has 0 fully saturated rings. The van der Waals surface area contributed by atoms with E-state index in [4.69, 9.17) is 0 Å². The van der Waals surface area contributed by atoms with Crippen molar-refractivity contribution in [2.45, 2.75) is 19.4 Å². The molecule has 0 saturated carbocycles. The quantitative estimate of drug-likeness (QED) is 0.498. The van der Waals surface area contributed by atoms with Crippen LogP contribution in [-0.2, 0) is 17.8 Å². The first-order valence-corrected chi connectivity index (χ1v) is 9.26. The van der Waals surface area contributed by atoms with E-state index in [2.05, 4.69) is 58.8 Å². The van der Waals surface area contributed by atoms with Gasteiger partial charge in [0.1, 0.15) is 0 Å². The van der Waals surface area contributed by atoms with Crippen LogP contribution in [0.1, 0.15) is 17.5 Å². The molecule has 0 radical (unpaired) electrons. The Bertz CT molecular complexity index is 1030. The van der Waals surface area contributed by atoms with Crippen LogP contribution in [0.3, 0.4) is 0 Å². The predicted molar refractivity (Wildman–Crippen MR) is 110 cm³/mol. The summed E-state index contributed by atoms with van der Waals surface area (Å²) in [7, 11) is 0. The van der Waals surface area contributed by atoms with Crippen LogP contribution in [0.4, 0.5) is 0 Å². The number of hydrogen-bond acceptors (Lipinski definition) is 1. The highest BCUT2D eigenvalue weighted by atomic mass is 16.1. The van der Waals surface area contributed by atoms with Crippen molar-refractivity contribution in [1.82, 2.24) is 10.3 Å². The maximum atomic E-state index is 12.2. The molecule has 2 N–H and O–H groups in total. The van der Waals surface area contributed by atoms with Gasteiger partial charge < -0.3 is 10.3 Å². The molecule has 1 heterocycles. The lowest BCUT2D eigenvalue weighted by Gasteiger charge is -2.07. The van der Waals surface area contributed by atoms with Crippen molar-refractivity contribution in [1.29, 1.82) is 0 Å². The molecule has 0 aliphatic heterocycles. The number of H-pyrrole nitrogens is 1. The van der Waals surface area contributed by atoms with E-state index in [0.29, 0.717) is 13.0 Å². The van der Waals surface area contributed by atoms with Crippen LogP contribution in [0.15, 0.2) is 85.1 Å². The molecule has 0 saturated heterocycles. The second-order valence-electron chi connectivity index (χ2n) is 6.70.